The van der Waals surface area contributed by atoms with Crippen LogP contribution in [-0.2, 0) is 14.3 Å². The predicted molar refractivity (Wildman–Crippen MR) is 103 cm³/mol. The molecule has 4 N–H and O–H groups in total. The lowest BCUT2D eigenvalue weighted by molar-refractivity contribution is -0.147. The number of aromatic nitrogens is 3. The third-order valence-corrected chi connectivity index (χ3v) is 6.47. The topological polar surface area (TPSA) is 154 Å². The summed E-state index contributed by atoms with van der Waals surface area (Å²) >= 11 is 1.27. The summed E-state index contributed by atoms with van der Waals surface area (Å²) in [7, 11) is 0. The van der Waals surface area contributed by atoms with Crippen LogP contribution < -0.4 is 5.32 Å². The molecule has 0 unspecified atom stereocenters. The molecule has 5 atom stereocenters. The Balaban J connectivity index is 1.84. The minimum absolute atomic E-state index is 0.0725. The number of aromatic amines is 1. The molecule has 0 aliphatic heterocycles. The molecule has 3 rings (SSSR count). The lowest BCUT2D eigenvalue weighted by Gasteiger charge is -2.31. The highest BCUT2D eigenvalue weighted by Crippen LogP contribution is 2.65. The first-order valence-electron chi connectivity index (χ1n) is 9.42. The number of carbonyl (C=O) groups excluding carboxylic acids is 1. The normalized spacial score (nSPS) is 30.7. The van der Waals surface area contributed by atoms with E-state index in [-0.39, 0.29) is 17.6 Å². The highest BCUT2D eigenvalue weighted by molar-refractivity contribution is 7.99. The van der Waals surface area contributed by atoms with Gasteiger partial charge in [0, 0.05) is 17.1 Å². The van der Waals surface area contributed by atoms with E-state index in [1.165, 1.54) is 11.8 Å². The molecule has 2 fully saturated rings. The number of hydrogen-bond donors (Lipinski definition) is 4. The van der Waals surface area contributed by atoms with Crippen molar-refractivity contribution in [2.24, 2.45) is 17.8 Å². The molecular weight excluding hydrogens is 400 g/mol. The number of ether oxygens (including phenoxy) is 1. The second kappa shape index (κ2) is 7.19. The SMILES string of the molecule is CC(C)c1nnc(S[C@@H]2C[C@@](NC(=O)OC(C)(C)C)(C(=O)O)[C@@H]3[C@@H](C(=O)O)[C@@H]32)[nH]1. The van der Waals surface area contributed by atoms with Crippen LogP contribution in [0.5, 0.6) is 0 Å². The van der Waals surface area contributed by atoms with Gasteiger partial charge in [0.05, 0.1) is 5.92 Å². The third-order valence-electron chi connectivity index (χ3n) is 5.28. The Hall–Kier alpha value is -2.30. The molecule has 160 valence electrons. The second-order valence-corrected chi connectivity index (χ2v) is 10.1. The van der Waals surface area contributed by atoms with Gasteiger partial charge in [-0.2, -0.15) is 0 Å². The molecule has 11 heteroatoms. The van der Waals surface area contributed by atoms with Crippen LogP contribution in [0.1, 0.15) is 52.8 Å². The number of hydrogen-bond acceptors (Lipinski definition) is 7. The molecule has 0 saturated heterocycles. The van der Waals surface area contributed by atoms with E-state index < -0.39 is 46.9 Å². The van der Waals surface area contributed by atoms with E-state index >= 15 is 0 Å². The maximum atomic E-state index is 12.3. The summed E-state index contributed by atoms with van der Waals surface area (Å²) in [5.74, 6) is -3.43. The van der Waals surface area contributed by atoms with Crippen LogP contribution in [-0.4, -0.2) is 59.8 Å². The summed E-state index contributed by atoms with van der Waals surface area (Å²) in [6.45, 7) is 8.93. The van der Waals surface area contributed by atoms with Gasteiger partial charge in [-0.1, -0.05) is 25.6 Å². The Morgan fingerprint density at radius 3 is 2.41 bits per heavy atom. The predicted octanol–water partition coefficient (Wildman–Crippen LogP) is 2.09. The van der Waals surface area contributed by atoms with Gasteiger partial charge in [0.15, 0.2) is 5.16 Å². The van der Waals surface area contributed by atoms with E-state index in [0.29, 0.717) is 11.0 Å². The van der Waals surface area contributed by atoms with Crippen LogP contribution in [0, 0.1) is 17.8 Å². The Morgan fingerprint density at radius 2 is 1.93 bits per heavy atom. The fourth-order valence-electron chi connectivity index (χ4n) is 4.08. The van der Waals surface area contributed by atoms with Gasteiger partial charge < -0.3 is 25.3 Å². The van der Waals surface area contributed by atoms with Gasteiger partial charge in [-0.15, -0.1) is 10.2 Å². The number of amides is 1. The fourth-order valence-corrected chi connectivity index (χ4v) is 5.46. The Kier molecular flexibility index (Phi) is 5.31. The van der Waals surface area contributed by atoms with E-state index in [1.807, 2.05) is 13.8 Å². The lowest BCUT2D eigenvalue weighted by atomic mass is 9.90. The smallest absolute Gasteiger partial charge is 0.408 e. The van der Waals surface area contributed by atoms with E-state index in [4.69, 9.17) is 4.74 Å². The molecule has 29 heavy (non-hydrogen) atoms. The fraction of sp³-hybridized carbons (Fsp3) is 0.722. The monoisotopic (exact) mass is 426 g/mol. The van der Waals surface area contributed by atoms with Crippen molar-refractivity contribution in [2.75, 3.05) is 0 Å². The Bertz CT molecular complexity index is 835. The first-order valence-corrected chi connectivity index (χ1v) is 10.3. The summed E-state index contributed by atoms with van der Waals surface area (Å²) in [5.41, 5.74) is -2.51. The van der Waals surface area contributed by atoms with Crippen LogP contribution in [0.2, 0.25) is 0 Å². The minimum atomic E-state index is -1.70. The molecule has 2 aliphatic carbocycles. The van der Waals surface area contributed by atoms with Gasteiger partial charge in [0.2, 0.25) is 0 Å². The molecule has 1 heterocycles. The van der Waals surface area contributed by atoms with Crippen LogP contribution in [0.3, 0.4) is 0 Å². The number of carbonyl (C=O) groups is 3. The van der Waals surface area contributed by atoms with E-state index in [2.05, 4.69) is 20.5 Å². The number of alkyl carbamates (subject to hydrolysis) is 1. The molecule has 1 aromatic rings. The Labute approximate surface area is 172 Å². The zero-order valence-electron chi connectivity index (χ0n) is 16.9. The first kappa shape index (κ1) is 21.4. The number of aliphatic carboxylic acids is 2. The van der Waals surface area contributed by atoms with Crippen molar-refractivity contribution in [3.8, 4) is 0 Å². The van der Waals surface area contributed by atoms with Gasteiger partial charge in [0.25, 0.3) is 0 Å². The van der Waals surface area contributed by atoms with Crippen molar-refractivity contribution in [1.82, 2.24) is 20.5 Å². The average Bonchev–Trinajstić information content (AvgIpc) is 3.01. The number of rotatable bonds is 6. The first-order chi connectivity index (χ1) is 13.4. The number of nitrogens with one attached hydrogen (secondary N) is 2. The molecule has 1 aromatic heterocycles. The standard InChI is InChI=1S/C18H26N4O6S/c1-7(2)12-19-15(22-21-12)29-8-6-18(14(25)26,11-9(8)10(11)13(23)24)20-16(27)28-17(3,4)5/h7-11H,6H2,1-5H3,(H,20,27)(H,23,24)(H,25,26)(H,19,21,22)/t8-,9+,10+,11+,18+/m1/s1. The number of carboxylic acid groups (broad SMARTS) is 2. The summed E-state index contributed by atoms with van der Waals surface area (Å²) < 4.78 is 5.22. The van der Waals surface area contributed by atoms with E-state index in [1.54, 1.807) is 20.8 Å². The van der Waals surface area contributed by atoms with Crippen LogP contribution in [0.4, 0.5) is 4.79 Å². The molecule has 0 radical (unpaired) electrons. The summed E-state index contributed by atoms with van der Waals surface area (Å²) in [6, 6.07) is 0. The van der Waals surface area contributed by atoms with Crippen molar-refractivity contribution < 1.29 is 29.3 Å². The number of H-pyrrole nitrogens is 1. The largest absolute Gasteiger partial charge is 0.481 e. The van der Waals surface area contributed by atoms with Crippen molar-refractivity contribution in [3.05, 3.63) is 5.82 Å². The highest BCUT2D eigenvalue weighted by Gasteiger charge is 2.76. The Morgan fingerprint density at radius 1 is 1.28 bits per heavy atom. The average molecular weight is 426 g/mol. The van der Waals surface area contributed by atoms with Gasteiger partial charge >= 0.3 is 18.0 Å². The maximum absolute atomic E-state index is 12.3. The van der Waals surface area contributed by atoms with Gasteiger partial charge in [-0.05, 0) is 33.1 Å². The van der Waals surface area contributed by atoms with Crippen molar-refractivity contribution in [1.29, 1.82) is 0 Å². The number of thioether (sulfide) groups is 1. The number of nitrogens with zero attached hydrogens (tertiary/aromatic N) is 2. The third kappa shape index (κ3) is 4.05. The molecular formula is C18H26N4O6S. The summed E-state index contributed by atoms with van der Waals surface area (Å²) in [4.78, 5) is 39.3. The van der Waals surface area contributed by atoms with Crippen LogP contribution >= 0.6 is 11.8 Å². The molecule has 10 nitrogen and oxygen atoms in total. The van der Waals surface area contributed by atoms with Crippen molar-refractivity contribution in [2.45, 2.75) is 68.5 Å². The summed E-state index contributed by atoms with van der Waals surface area (Å²) in [6.07, 6.45) is -0.801. The molecule has 1 amide bonds. The molecule has 0 bridgehead atoms. The highest BCUT2D eigenvalue weighted by atomic mass is 32.2. The van der Waals surface area contributed by atoms with E-state index in [0.717, 1.165) is 0 Å². The maximum Gasteiger partial charge on any atom is 0.408 e. The zero-order valence-corrected chi connectivity index (χ0v) is 17.7. The summed E-state index contributed by atoms with van der Waals surface area (Å²) in [5, 5.41) is 30.3. The van der Waals surface area contributed by atoms with Crippen LogP contribution in [0.15, 0.2) is 5.16 Å². The van der Waals surface area contributed by atoms with Crippen molar-refractivity contribution >= 4 is 29.8 Å². The van der Waals surface area contributed by atoms with Gasteiger partial charge in [-0.3, -0.25) is 4.79 Å². The van der Waals surface area contributed by atoms with Gasteiger partial charge in [-0.25, -0.2) is 9.59 Å². The lowest BCUT2D eigenvalue weighted by Crippen LogP contribution is -2.57. The number of fused-ring (bicyclic) bond motifs is 1. The minimum Gasteiger partial charge on any atom is -0.481 e. The number of carboxylic acids is 2. The molecule has 0 aromatic carbocycles. The quantitative estimate of drug-likeness (QED) is 0.535. The molecule has 0 spiro atoms. The van der Waals surface area contributed by atoms with Crippen molar-refractivity contribution in [3.63, 3.8) is 0 Å². The second-order valence-electron chi connectivity index (χ2n) is 8.90. The van der Waals surface area contributed by atoms with Crippen LogP contribution in [0.25, 0.3) is 0 Å². The van der Waals surface area contributed by atoms with E-state index in [9.17, 15) is 24.6 Å². The molecule has 2 saturated carbocycles. The zero-order chi connectivity index (χ0) is 21.7. The molecule has 2 aliphatic rings. The van der Waals surface area contributed by atoms with Gasteiger partial charge in [0.1, 0.15) is 17.0 Å².